The Morgan fingerprint density at radius 2 is 1.57 bits per heavy atom. The van der Waals surface area contributed by atoms with Gasteiger partial charge in [0, 0.05) is 23.3 Å². The Bertz CT molecular complexity index is 774. The second kappa shape index (κ2) is 5.40. The van der Waals surface area contributed by atoms with Crippen LogP contribution in [0.2, 0.25) is 0 Å². The summed E-state index contributed by atoms with van der Waals surface area (Å²) in [5, 5.41) is 0.905. The zero-order valence-corrected chi connectivity index (χ0v) is 12.2. The minimum atomic E-state index is 0.695. The summed E-state index contributed by atoms with van der Waals surface area (Å²) < 4.78 is 21.8. The van der Waals surface area contributed by atoms with E-state index in [1.54, 1.807) is 27.6 Å². The summed E-state index contributed by atoms with van der Waals surface area (Å²) in [6.07, 6.45) is 1.71. The van der Waals surface area contributed by atoms with E-state index in [9.17, 15) is 0 Å². The zero-order valence-electron chi connectivity index (χ0n) is 12.2. The second-order valence-corrected chi connectivity index (χ2v) is 4.55. The summed E-state index contributed by atoms with van der Waals surface area (Å²) in [6, 6.07) is 11.5. The molecule has 2 aromatic carbocycles. The van der Waals surface area contributed by atoms with Gasteiger partial charge in [0.15, 0.2) is 0 Å². The lowest BCUT2D eigenvalue weighted by Crippen LogP contribution is -1.90. The largest absolute Gasteiger partial charge is 0.496 e. The second-order valence-electron chi connectivity index (χ2n) is 4.55. The number of para-hydroxylation sites is 1. The normalized spacial score (nSPS) is 10.6. The van der Waals surface area contributed by atoms with Crippen LogP contribution in [-0.2, 0) is 0 Å². The molecule has 0 unspecified atom stereocenters. The lowest BCUT2D eigenvalue weighted by atomic mass is 10.0. The number of rotatable bonds is 4. The monoisotopic (exact) mass is 284 g/mol. The highest BCUT2D eigenvalue weighted by molar-refractivity contribution is 6.00. The quantitative estimate of drug-likeness (QED) is 0.722. The third-order valence-corrected chi connectivity index (χ3v) is 3.47. The first-order valence-corrected chi connectivity index (χ1v) is 6.55. The molecule has 21 heavy (non-hydrogen) atoms. The Morgan fingerprint density at radius 3 is 2.29 bits per heavy atom. The van der Waals surface area contributed by atoms with Crippen molar-refractivity contribution in [1.29, 1.82) is 0 Å². The van der Waals surface area contributed by atoms with E-state index in [1.165, 1.54) is 0 Å². The molecular formula is C17H16O4. The molecule has 0 aliphatic carbocycles. The Morgan fingerprint density at radius 1 is 0.810 bits per heavy atom. The van der Waals surface area contributed by atoms with E-state index in [-0.39, 0.29) is 0 Å². The highest BCUT2D eigenvalue weighted by Crippen LogP contribution is 2.42. The van der Waals surface area contributed by atoms with Crippen LogP contribution in [0, 0.1) is 0 Å². The van der Waals surface area contributed by atoms with Crippen molar-refractivity contribution in [2.75, 3.05) is 21.3 Å². The number of furan rings is 1. The van der Waals surface area contributed by atoms with Gasteiger partial charge in [0.05, 0.1) is 33.0 Å². The summed E-state index contributed by atoms with van der Waals surface area (Å²) in [6.45, 7) is 0. The minimum absolute atomic E-state index is 0.695. The molecule has 1 heterocycles. The van der Waals surface area contributed by atoms with Crippen molar-refractivity contribution < 1.29 is 18.6 Å². The molecule has 3 rings (SSSR count). The van der Waals surface area contributed by atoms with Crippen LogP contribution in [0.4, 0.5) is 0 Å². The van der Waals surface area contributed by atoms with Gasteiger partial charge in [0.1, 0.15) is 22.8 Å². The van der Waals surface area contributed by atoms with Crippen LogP contribution in [0.3, 0.4) is 0 Å². The molecule has 0 saturated carbocycles. The maximum absolute atomic E-state index is 5.67. The van der Waals surface area contributed by atoms with E-state index in [2.05, 4.69) is 0 Å². The number of benzene rings is 2. The predicted molar refractivity (Wildman–Crippen MR) is 81.3 cm³/mol. The SMILES string of the molecule is COc1cc(OC)c2c(-c3ccccc3OC)coc2c1. The Labute approximate surface area is 122 Å². The molecule has 0 spiro atoms. The predicted octanol–water partition coefficient (Wildman–Crippen LogP) is 4.13. The smallest absolute Gasteiger partial charge is 0.141 e. The average molecular weight is 284 g/mol. The summed E-state index contributed by atoms with van der Waals surface area (Å²) >= 11 is 0. The summed E-state index contributed by atoms with van der Waals surface area (Å²) in [4.78, 5) is 0. The highest BCUT2D eigenvalue weighted by atomic mass is 16.5. The third kappa shape index (κ3) is 2.18. The van der Waals surface area contributed by atoms with Gasteiger partial charge in [-0.1, -0.05) is 18.2 Å². The van der Waals surface area contributed by atoms with Crippen molar-refractivity contribution in [3.63, 3.8) is 0 Å². The van der Waals surface area contributed by atoms with E-state index in [4.69, 9.17) is 18.6 Å². The molecule has 0 N–H and O–H groups in total. The Kier molecular flexibility index (Phi) is 3.44. The van der Waals surface area contributed by atoms with E-state index >= 15 is 0 Å². The lowest BCUT2D eigenvalue weighted by Gasteiger charge is -2.09. The van der Waals surface area contributed by atoms with Crippen LogP contribution in [0.15, 0.2) is 47.1 Å². The standard InChI is InChI=1S/C17H16O4/c1-18-11-8-15(20-3)17-13(10-21-16(17)9-11)12-6-4-5-7-14(12)19-2/h4-10H,1-3H3. The van der Waals surface area contributed by atoms with Crippen molar-refractivity contribution in [2.24, 2.45) is 0 Å². The van der Waals surface area contributed by atoms with E-state index in [1.807, 2.05) is 36.4 Å². The van der Waals surface area contributed by atoms with Gasteiger partial charge in [-0.3, -0.25) is 0 Å². The molecular weight excluding hydrogens is 268 g/mol. The van der Waals surface area contributed by atoms with Crippen molar-refractivity contribution >= 4 is 11.0 Å². The van der Waals surface area contributed by atoms with Crippen LogP contribution in [-0.4, -0.2) is 21.3 Å². The number of hydrogen-bond acceptors (Lipinski definition) is 4. The van der Waals surface area contributed by atoms with Crippen molar-refractivity contribution in [2.45, 2.75) is 0 Å². The van der Waals surface area contributed by atoms with E-state index < -0.39 is 0 Å². The fourth-order valence-corrected chi connectivity index (χ4v) is 2.45. The van der Waals surface area contributed by atoms with Gasteiger partial charge in [-0.2, -0.15) is 0 Å². The zero-order chi connectivity index (χ0) is 14.8. The molecule has 0 fully saturated rings. The number of fused-ring (bicyclic) bond motifs is 1. The summed E-state index contributed by atoms with van der Waals surface area (Å²) in [5.74, 6) is 2.19. The van der Waals surface area contributed by atoms with Crippen LogP contribution in [0.1, 0.15) is 0 Å². The average Bonchev–Trinajstić information content (AvgIpc) is 2.97. The van der Waals surface area contributed by atoms with Crippen molar-refractivity contribution in [3.05, 3.63) is 42.7 Å². The van der Waals surface area contributed by atoms with Crippen molar-refractivity contribution in [1.82, 2.24) is 0 Å². The molecule has 0 bridgehead atoms. The molecule has 3 aromatic rings. The Balaban J connectivity index is 2.29. The third-order valence-electron chi connectivity index (χ3n) is 3.47. The van der Waals surface area contributed by atoms with Gasteiger partial charge in [0.2, 0.25) is 0 Å². The molecule has 0 saturated heterocycles. The molecule has 0 atom stereocenters. The summed E-state index contributed by atoms with van der Waals surface area (Å²) in [5.41, 5.74) is 2.61. The van der Waals surface area contributed by atoms with Gasteiger partial charge in [-0.05, 0) is 6.07 Å². The Hall–Kier alpha value is -2.62. The fourth-order valence-electron chi connectivity index (χ4n) is 2.45. The molecule has 4 nitrogen and oxygen atoms in total. The molecule has 4 heteroatoms. The first kappa shape index (κ1) is 13.4. The van der Waals surface area contributed by atoms with Gasteiger partial charge < -0.3 is 18.6 Å². The lowest BCUT2D eigenvalue weighted by molar-refractivity contribution is 0.397. The van der Waals surface area contributed by atoms with Gasteiger partial charge in [-0.25, -0.2) is 0 Å². The molecule has 0 amide bonds. The first-order chi connectivity index (χ1) is 10.3. The molecule has 0 aliphatic rings. The number of ether oxygens (including phenoxy) is 3. The minimum Gasteiger partial charge on any atom is -0.496 e. The number of methoxy groups -OCH3 is 3. The molecule has 0 aliphatic heterocycles. The van der Waals surface area contributed by atoms with E-state index in [0.717, 1.165) is 22.3 Å². The van der Waals surface area contributed by atoms with Crippen LogP contribution >= 0.6 is 0 Å². The van der Waals surface area contributed by atoms with Gasteiger partial charge >= 0.3 is 0 Å². The molecule has 108 valence electrons. The van der Waals surface area contributed by atoms with Crippen molar-refractivity contribution in [3.8, 4) is 28.4 Å². The van der Waals surface area contributed by atoms with Gasteiger partial charge in [-0.15, -0.1) is 0 Å². The molecule has 0 radical (unpaired) electrons. The van der Waals surface area contributed by atoms with Crippen LogP contribution < -0.4 is 14.2 Å². The maximum Gasteiger partial charge on any atom is 0.141 e. The van der Waals surface area contributed by atoms with E-state index in [0.29, 0.717) is 17.1 Å². The maximum atomic E-state index is 5.67. The molecule has 1 aromatic heterocycles. The topological polar surface area (TPSA) is 40.8 Å². The van der Waals surface area contributed by atoms with Gasteiger partial charge in [0.25, 0.3) is 0 Å². The van der Waals surface area contributed by atoms with Crippen LogP contribution in [0.25, 0.3) is 22.1 Å². The summed E-state index contributed by atoms with van der Waals surface area (Å²) in [7, 11) is 4.90. The number of hydrogen-bond donors (Lipinski definition) is 0. The fraction of sp³-hybridized carbons (Fsp3) is 0.176. The van der Waals surface area contributed by atoms with Crippen LogP contribution in [0.5, 0.6) is 17.2 Å². The first-order valence-electron chi connectivity index (χ1n) is 6.55. The highest BCUT2D eigenvalue weighted by Gasteiger charge is 2.17.